The third-order valence-electron chi connectivity index (χ3n) is 2.69. The number of aliphatic hydroxyl groups is 1. The first-order chi connectivity index (χ1) is 8.87. The molecule has 0 saturated heterocycles. The minimum Gasteiger partial charge on any atom is -0.395 e. The maximum atomic E-state index is 12.5. The van der Waals surface area contributed by atoms with Crippen molar-refractivity contribution in [3.05, 3.63) is 34.9 Å². The molecule has 0 saturated carbocycles. The molecule has 0 bridgehead atoms. The first kappa shape index (κ1) is 16.2. The van der Waals surface area contributed by atoms with Gasteiger partial charge in [0.15, 0.2) is 0 Å². The highest BCUT2D eigenvalue weighted by atomic mass is 35.5. The summed E-state index contributed by atoms with van der Waals surface area (Å²) < 4.78 is 37.6. The summed E-state index contributed by atoms with van der Waals surface area (Å²) in [4.78, 5) is 1.11. The molecule has 0 fully saturated rings. The molecule has 1 rings (SSSR count). The van der Waals surface area contributed by atoms with Crippen molar-refractivity contribution in [1.29, 1.82) is 0 Å². The van der Waals surface area contributed by atoms with E-state index in [0.29, 0.717) is 10.6 Å². The summed E-state index contributed by atoms with van der Waals surface area (Å²) in [5, 5.41) is 9.40. The van der Waals surface area contributed by atoms with Gasteiger partial charge in [-0.2, -0.15) is 13.2 Å². The lowest BCUT2D eigenvalue weighted by Crippen LogP contribution is -2.41. The maximum Gasteiger partial charge on any atom is 0.401 e. The minimum atomic E-state index is -4.34. The number of rotatable bonds is 6. The van der Waals surface area contributed by atoms with Gasteiger partial charge >= 0.3 is 6.18 Å². The average molecular weight is 297 g/mol. The van der Waals surface area contributed by atoms with Gasteiger partial charge in [-0.05, 0) is 17.7 Å². The van der Waals surface area contributed by atoms with E-state index in [2.05, 4.69) is 0 Å². The number of hydrogen-bond acceptors (Lipinski definition) is 3. The Balaban J connectivity index is 2.92. The molecule has 1 aromatic rings. The maximum absolute atomic E-state index is 12.5. The van der Waals surface area contributed by atoms with Crippen LogP contribution in [0.5, 0.6) is 0 Å². The summed E-state index contributed by atoms with van der Waals surface area (Å²) >= 11 is 5.74. The van der Waals surface area contributed by atoms with Gasteiger partial charge in [0.2, 0.25) is 0 Å². The van der Waals surface area contributed by atoms with Gasteiger partial charge in [0.25, 0.3) is 0 Å². The van der Waals surface area contributed by atoms with E-state index < -0.39 is 18.8 Å². The number of nitrogens with zero attached hydrogens (tertiary/aromatic N) is 1. The second-order valence-corrected chi connectivity index (χ2v) is 4.55. The molecule has 0 aromatic heterocycles. The van der Waals surface area contributed by atoms with E-state index in [-0.39, 0.29) is 19.7 Å². The molecule has 0 radical (unpaired) electrons. The molecule has 19 heavy (non-hydrogen) atoms. The number of aliphatic hydroxyl groups excluding tert-OH is 1. The van der Waals surface area contributed by atoms with Crippen LogP contribution in [0.4, 0.5) is 13.2 Å². The molecular weight excluding hydrogens is 281 g/mol. The monoisotopic (exact) mass is 296 g/mol. The van der Waals surface area contributed by atoms with Gasteiger partial charge in [-0.15, -0.1) is 0 Å². The zero-order valence-electron chi connectivity index (χ0n) is 10.2. The van der Waals surface area contributed by atoms with E-state index in [9.17, 15) is 13.2 Å². The van der Waals surface area contributed by atoms with Crippen LogP contribution in [0.1, 0.15) is 11.6 Å². The molecule has 3 nitrogen and oxygen atoms in total. The zero-order valence-corrected chi connectivity index (χ0v) is 11.0. The lowest BCUT2D eigenvalue weighted by Gasteiger charge is -2.31. The van der Waals surface area contributed by atoms with Crippen LogP contribution in [-0.2, 0) is 0 Å². The van der Waals surface area contributed by atoms with Crippen LogP contribution in [-0.4, -0.2) is 42.4 Å². The SMILES string of the molecule is NCC(c1ccc(Cl)cc1)N(CCO)CC(F)(F)F. The highest BCUT2D eigenvalue weighted by Crippen LogP contribution is 2.25. The molecule has 108 valence electrons. The van der Waals surface area contributed by atoms with Crippen molar-refractivity contribution in [2.45, 2.75) is 12.2 Å². The smallest absolute Gasteiger partial charge is 0.395 e. The third kappa shape index (κ3) is 5.36. The first-order valence-electron chi connectivity index (χ1n) is 5.74. The van der Waals surface area contributed by atoms with Crippen LogP contribution >= 0.6 is 11.6 Å². The third-order valence-corrected chi connectivity index (χ3v) is 2.94. The van der Waals surface area contributed by atoms with Gasteiger partial charge < -0.3 is 10.8 Å². The summed E-state index contributed by atoms with van der Waals surface area (Å²) in [6.07, 6.45) is -4.34. The summed E-state index contributed by atoms with van der Waals surface area (Å²) in [5.74, 6) is 0. The molecule has 0 aliphatic rings. The normalized spacial score (nSPS) is 13.8. The average Bonchev–Trinajstić information content (AvgIpc) is 2.31. The molecule has 1 unspecified atom stereocenters. The van der Waals surface area contributed by atoms with Crippen LogP contribution in [0.3, 0.4) is 0 Å². The quantitative estimate of drug-likeness (QED) is 0.846. The lowest BCUT2D eigenvalue weighted by molar-refractivity contribution is -0.151. The van der Waals surface area contributed by atoms with Crippen LogP contribution in [0.25, 0.3) is 0 Å². The fourth-order valence-electron chi connectivity index (χ4n) is 1.88. The van der Waals surface area contributed by atoms with Crippen LogP contribution in [0.15, 0.2) is 24.3 Å². The van der Waals surface area contributed by atoms with E-state index in [1.807, 2.05) is 0 Å². The molecular formula is C12H16ClF3N2O. The van der Waals surface area contributed by atoms with Crippen molar-refractivity contribution in [3.8, 4) is 0 Å². The van der Waals surface area contributed by atoms with E-state index in [1.54, 1.807) is 24.3 Å². The van der Waals surface area contributed by atoms with Crippen LogP contribution < -0.4 is 5.73 Å². The second kappa shape index (κ2) is 7.09. The van der Waals surface area contributed by atoms with Gasteiger partial charge in [0.1, 0.15) is 0 Å². The molecule has 0 amide bonds. The molecule has 0 spiro atoms. The van der Waals surface area contributed by atoms with Crippen LogP contribution in [0.2, 0.25) is 5.02 Å². The Morgan fingerprint density at radius 1 is 1.26 bits per heavy atom. The molecule has 3 N–H and O–H groups in total. The van der Waals surface area contributed by atoms with Crippen molar-refractivity contribution in [2.24, 2.45) is 5.73 Å². The summed E-state index contributed by atoms with van der Waals surface area (Å²) in [6, 6.07) is 5.88. The predicted molar refractivity (Wildman–Crippen MR) is 68.0 cm³/mol. The zero-order chi connectivity index (χ0) is 14.5. The van der Waals surface area contributed by atoms with Crippen molar-refractivity contribution < 1.29 is 18.3 Å². The molecule has 0 aliphatic heterocycles. The lowest BCUT2D eigenvalue weighted by atomic mass is 10.1. The summed E-state index contributed by atoms with van der Waals surface area (Å²) in [7, 11) is 0. The van der Waals surface area contributed by atoms with E-state index in [0.717, 1.165) is 4.90 Å². The van der Waals surface area contributed by atoms with E-state index in [1.165, 1.54) is 0 Å². The Bertz CT molecular complexity index is 384. The Kier molecular flexibility index (Phi) is 6.06. The van der Waals surface area contributed by atoms with Gasteiger partial charge in [-0.25, -0.2) is 0 Å². The number of nitrogens with two attached hydrogens (primary N) is 1. The van der Waals surface area contributed by atoms with Gasteiger partial charge in [-0.3, -0.25) is 4.90 Å². The fraction of sp³-hybridized carbons (Fsp3) is 0.500. The second-order valence-electron chi connectivity index (χ2n) is 4.11. The van der Waals surface area contributed by atoms with E-state index in [4.69, 9.17) is 22.4 Å². The highest BCUT2D eigenvalue weighted by Gasteiger charge is 2.33. The van der Waals surface area contributed by atoms with Crippen molar-refractivity contribution in [3.63, 3.8) is 0 Å². The van der Waals surface area contributed by atoms with Gasteiger partial charge in [0.05, 0.1) is 13.2 Å². The number of halogens is 4. The van der Waals surface area contributed by atoms with Crippen molar-refractivity contribution in [2.75, 3.05) is 26.2 Å². The highest BCUT2D eigenvalue weighted by molar-refractivity contribution is 6.30. The van der Waals surface area contributed by atoms with Crippen molar-refractivity contribution in [1.82, 2.24) is 4.90 Å². The summed E-state index contributed by atoms with van der Waals surface area (Å²) in [5.41, 5.74) is 6.21. The molecule has 1 aromatic carbocycles. The Morgan fingerprint density at radius 2 is 1.84 bits per heavy atom. The minimum absolute atomic E-state index is 0.0255. The Labute approximate surface area is 114 Å². The molecule has 0 aliphatic carbocycles. The standard InChI is InChI=1S/C12H16ClF3N2O/c13-10-3-1-9(2-4-10)11(7-17)18(5-6-19)8-12(14,15)16/h1-4,11,19H,5-8,17H2. The van der Waals surface area contributed by atoms with Crippen LogP contribution in [0, 0.1) is 0 Å². The predicted octanol–water partition coefficient (Wildman–Crippen LogP) is 2.20. The van der Waals surface area contributed by atoms with Gasteiger partial charge in [0, 0.05) is 24.2 Å². The first-order valence-corrected chi connectivity index (χ1v) is 6.12. The number of alkyl halides is 3. The number of benzene rings is 1. The largest absolute Gasteiger partial charge is 0.401 e. The van der Waals surface area contributed by atoms with Gasteiger partial charge in [-0.1, -0.05) is 23.7 Å². The topological polar surface area (TPSA) is 49.5 Å². The molecule has 7 heteroatoms. The van der Waals surface area contributed by atoms with E-state index >= 15 is 0 Å². The Morgan fingerprint density at radius 3 is 2.26 bits per heavy atom. The fourth-order valence-corrected chi connectivity index (χ4v) is 2.01. The Hall–Kier alpha value is -0.820. The summed E-state index contributed by atoms with van der Waals surface area (Å²) in [6.45, 7) is -1.54. The van der Waals surface area contributed by atoms with Crippen molar-refractivity contribution >= 4 is 11.6 Å². The molecule has 1 atom stereocenters. The number of hydrogen-bond donors (Lipinski definition) is 2. The molecule has 0 heterocycles.